The lowest BCUT2D eigenvalue weighted by Crippen LogP contribution is -1.91. The molecule has 0 fully saturated rings. The van der Waals surface area contributed by atoms with Gasteiger partial charge in [0.25, 0.3) is 0 Å². The Morgan fingerprint density at radius 2 is 2.10 bits per heavy atom. The number of H-pyrrole nitrogens is 2. The summed E-state index contributed by atoms with van der Waals surface area (Å²) in [5.41, 5.74) is 9.16. The second-order valence-corrected chi connectivity index (χ2v) is 5.26. The van der Waals surface area contributed by atoms with Gasteiger partial charge in [-0.15, -0.1) is 0 Å². The number of anilines is 1. The fourth-order valence-electron chi connectivity index (χ4n) is 2.00. The molecule has 3 aromatic heterocycles. The van der Waals surface area contributed by atoms with E-state index >= 15 is 0 Å². The molecule has 0 saturated heterocycles. The van der Waals surface area contributed by atoms with Crippen molar-refractivity contribution in [2.45, 2.75) is 9.92 Å². The zero-order valence-corrected chi connectivity index (χ0v) is 11.0. The molecular weight excluding hydrogens is 274 g/mol. The first-order valence-corrected chi connectivity index (χ1v) is 6.67. The maximum absolute atomic E-state index is 6.08. The summed E-state index contributed by atoms with van der Waals surface area (Å²) >= 11 is 1.47. The molecule has 0 aliphatic heterocycles. The number of nitrogens with zero attached hydrogens (tertiary/aromatic N) is 4. The van der Waals surface area contributed by atoms with Crippen molar-refractivity contribution in [3.63, 3.8) is 0 Å². The number of benzene rings is 1. The molecule has 4 rings (SSSR count). The maximum atomic E-state index is 6.08. The van der Waals surface area contributed by atoms with Gasteiger partial charge in [0.2, 0.25) is 0 Å². The van der Waals surface area contributed by atoms with Crippen LogP contribution in [0.4, 0.5) is 5.69 Å². The third-order valence-corrected chi connectivity index (χ3v) is 4.04. The number of nitrogens with one attached hydrogen (secondary N) is 2. The highest BCUT2D eigenvalue weighted by Gasteiger charge is 2.11. The monoisotopic (exact) mass is 283 g/mol. The first-order chi connectivity index (χ1) is 9.81. The molecule has 4 aromatic rings. The van der Waals surface area contributed by atoms with Crippen molar-refractivity contribution in [3.8, 4) is 0 Å². The number of fused-ring (bicyclic) bond motifs is 2. The van der Waals surface area contributed by atoms with Gasteiger partial charge in [-0.2, -0.15) is 5.10 Å². The van der Waals surface area contributed by atoms with E-state index in [1.54, 1.807) is 12.5 Å². The normalized spacial score (nSPS) is 11.4. The van der Waals surface area contributed by atoms with Crippen LogP contribution in [0.3, 0.4) is 0 Å². The second-order valence-electron chi connectivity index (χ2n) is 4.23. The number of aromatic amines is 2. The Morgan fingerprint density at radius 3 is 3.05 bits per heavy atom. The first-order valence-electron chi connectivity index (χ1n) is 5.86. The van der Waals surface area contributed by atoms with E-state index in [1.165, 1.54) is 18.1 Å². The number of aromatic nitrogens is 6. The Hall–Kier alpha value is -2.61. The molecule has 0 radical (unpaired) electrons. The molecule has 0 spiro atoms. The highest BCUT2D eigenvalue weighted by Crippen LogP contribution is 2.35. The molecule has 3 heterocycles. The van der Waals surface area contributed by atoms with Gasteiger partial charge < -0.3 is 10.7 Å². The van der Waals surface area contributed by atoms with Gasteiger partial charge in [0.1, 0.15) is 16.9 Å². The molecule has 0 aliphatic carbocycles. The van der Waals surface area contributed by atoms with Gasteiger partial charge in [-0.25, -0.2) is 15.0 Å². The number of hydrogen-bond acceptors (Lipinski definition) is 6. The van der Waals surface area contributed by atoms with E-state index in [0.29, 0.717) is 11.3 Å². The van der Waals surface area contributed by atoms with E-state index in [1.807, 2.05) is 12.1 Å². The number of rotatable bonds is 2. The summed E-state index contributed by atoms with van der Waals surface area (Å²) in [5.74, 6) is 0. The van der Waals surface area contributed by atoms with Gasteiger partial charge in [-0.05, 0) is 12.1 Å². The number of imidazole rings is 1. The zero-order valence-electron chi connectivity index (χ0n) is 10.2. The van der Waals surface area contributed by atoms with Gasteiger partial charge in [0, 0.05) is 16.0 Å². The van der Waals surface area contributed by atoms with Gasteiger partial charge >= 0.3 is 0 Å². The number of nitrogens with two attached hydrogens (primary N) is 1. The Bertz CT molecular complexity index is 910. The summed E-state index contributed by atoms with van der Waals surface area (Å²) in [7, 11) is 0. The third-order valence-electron chi connectivity index (χ3n) is 2.97. The SMILES string of the molecule is Nc1cc2cn[nH]c2cc1Sc1ncnc2nc[nH]c12. The topological polar surface area (TPSA) is 109 Å². The van der Waals surface area contributed by atoms with Crippen LogP contribution < -0.4 is 5.73 Å². The fourth-order valence-corrected chi connectivity index (χ4v) is 2.92. The molecule has 0 bridgehead atoms. The minimum atomic E-state index is 0.642. The third kappa shape index (κ3) is 1.69. The molecule has 0 amide bonds. The number of hydrogen-bond donors (Lipinski definition) is 3. The predicted octanol–water partition coefficient (Wildman–Crippen LogP) is 1.96. The lowest BCUT2D eigenvalue weighted by molar-refractivity contribution is 1.08. The van der Waals surface area contributed by atoms with Gasteiger partial charge in [0.05, 0.1) is 18.0 Å². The van der Waals surface area contributed by atoms with Gasteiger partial charge in [-0.1, -0.05) is 11.8 Å². The summed E-state index contributed by atoms with van der Waals surface area (Å²) in [6.07, 6.45) is 4.85. The van der Waals surface area contributed by atoms with Crippen LogP contribution in [0, 0.1) is 0 Å². The molecule has 98 valence electrons. The Labute approximate surface area is 117 Å². The van der Waals surface area contributed by atoms with E-state index in [9.17, 15) is 0 Å². The van der Waals surface area contributed by atoms with Crippen molar-refractivity contribution in [3.05, 3.63) is 31.0 Å². The molecular formula is C12H9N7S. The quantitative estimate of drug-likeness (QED) is 0.383. The smallest absolute Gasteiger partial charge is 0.181 e. The van der Waals surface area contributed by atoms with Crippen molar-refractivity contribution >= 4 is 39.5 Å². The van der Waals surface area contributed by atoms with E-state index in [0.717, 1.165) is 26.3 Å². The Kier molecular flexibility index (Phi) is 2.36. The summed E-state index contributed by atoms with van der Waals surface area (Å²) in [4.78, 5) is 16.4. The predicted molar refractivity (Wildman–Crippen MR) is 76.3 cm³/mol. The van der Waals surface area contributed by atoms with E-state index in [-0.39, 0.29) is 0 Å². The minimum absolute atomic E-state index is 0.642. The standard InChI is InChI=1S/C12H9N7S/c13-7-1-6-3-18-19-8(6)2-9(7)20-12-10-11(15-4-14-10)16-5-17-12/h1-5H,13H2,(H,18,19)(H,14,15,16,17). The zero-order chi connectivity index (χ0) is 13.5. The van der Waals surface area contributed by atoms with Crippen molar-refractivity contribution in [2.24, 2.45) is 0 Å². The summed E-state index contributed by atoms with van der Waals surface area (Å²) in [6, 6.07) is 3.86. The largest absolute Gasteiger partial charge is 0.398 e. The van der Waals surface area contributed by atoms with Crippen LogP contribution in [-0.2, 0) is 0 Å². The molecule has 7 nitrogen and oxygen atoms in total. The maximum Gasteiger partial charge on any atom is 0.181 e. The molecule has 1 aromatic carbocycles. The highest BCUT2D eigenvalue weighted by molar-refractivity contribution is 7.99. The summed E-state index contributed by atoms with van der Waals surface area (Å²) in [5, 5.41) is 8.71. The van der Waals surface area contributed by atoms with Crippen LogP contribution in [-0.4, -0.2) is 30.1 Å². The van der Waals surface area contributed by atoms with Crippen LogP contribution in [0.15, 0.2) is 40.9 Å². The second kappa shape index (κ2) is 4.20. The Balaban J connectivity index is 1.83. The average Bonchev–Trinajstić information content (AvgIpc) is 3.07. The summed E-state index contributed by atoms with van der Waals surface area (Å²) < 4.78 is 0. The Morgan fingerprint density at radius 1 is 1.15 bits per heavy atom. The highest BCUT2D eigenvalue weighted by atomic mass is 32.2. The fraction of sp³-hybridized carbons (Fsp3) is 0. The lowest BCUT2D eigenvalue weighted by Gasteiger charge is -2.05. The molecule has 0 atom stereocenters. The van der Waals surface area contributed by atoms with E-state index in [4.69, 9.17) is 5.73 Å². The van der Waals surface area contributed by atoms with Crippen molar-refractivity contribution < 1.29 is 0 Å². The first kappa shape index (κ1) is 11.2. The van der Waals surface area contributed by atoms with Crippen molar-refractivity contribution in [1.29, 1.82) is 0 Å². The number of nitrogen functional groups attached to an aromatic ring is 1. The van der Waals surface area contributed by atoms with Crippen molar-refractivity contribution in [1.82, 2.24) is 30.1 Å². The van der Waals surface area contributed by atoms with Crippen LogP contribution in [0.1, 0.15) is 0 Å². The molecule has 0 aliphatic rings. The average molecular weight is 283 g/mol. The van der Waals surface area contributed by atoms with Gasteiger partial charge in [0.15, 0.2) is 5.65 Å². The van der Waals surface area contributed by atoms with E-state index in [2.05, 4.69) is 30.1 Å². The van der Waals surface area contributed by atoms with E-state index < -0.39 is 0 Å². The lowest BCUT2D eigenvalue weighted by atomic mass is 10.2. The molecule has 20 heavy (non-hydrogen) atoms. The van der Waals surface area contributed by atoms with Crippen LogP contribution in [0.25, 0.3) is 22.1 Å². The molecule has 4 N–H and O–H groups in total. The summed E-state index contributed by atoms with van der Waals surface area (Å²) in [6.45, 7) is 0. The van der Waals surface area contributed by atoms with Gasteiger partial charge in [-0.3, -0.25) is 5.10 Å². The molecule has 0 unspecified atom stereocenters. The van der Waals surface area contributed by atoms with Crippen LogP contribution in [0.5, 0.6) is 0 Å². The van der Waals surface area contributed by atoms with Crippen LogP contribution in [0.2, 0.25) is 0 Å². The molecule has 0 saturated carbocycles. The van der Waals surface area contributed by atoms with Crippen LogP contribution >= 0.6 is 11.8 Å². The molecule has 8 heteroatoms. The van der Waals surface area contributed by atoms with Crippen molar-refractivity contribution in [2.75, 3.05) is 5.73 Å². The minimum Gasteiger partial charge on any atom is -0.398 e.